The topological polar surface area (TPSA) is 79.8 Å². The molecule has 0 fully saturated rings. The first kappa shape index (κ1) is 26.0. The summed E-state index contributed by atoms with van der Waals surface area (Å²) in [6.07, 6.45) is 3.88. The summed E-state index contributed by atoms with van der Waals surface area (Å²) in [4.78, 5) is 8.55. The van der Waals surface area contributed by atoms with Gasteiger partial charge in [-0.25, -0.2) is 4.98 Å². The molecule has 0 aliphatic rings. The van der Waals surface area contributed by atoms with Crippen LogP contribution in [0.2, 0.25) is 0 Å². The molecule has 166 valence electrons. The molecule has 1 heterocycles. The summed E-state index contributed by atoms with van der Waals surface area (Å²) >= 11 is 0. The third-order valence-corrected chi connectivity index (χ3v) is 4.30. The average molecular weight is 527 g/mol. The Balaban J connectivity index is 0.00000450. The molecule has 0 saturated carbocycles. The summed E-state index contributed by atoms with van der Waals surface area (Å²) in [6.45, 7) is 5.56. The van der Waals surface area contributed by atoms with Crippen LogP contribution in [-0.4, -0.2) is 51.4 Å². The number of hydrogen-bond acceptors (Lipinski definition) is 5. The lowest BCUT2D eigenvalue weighted by molar-refractivity contribution is 0.145. The van der Waals surface area contributed by atoms with Gasteiger partial charge in [0.25, 0.3) is 0 Å². The van der Waals surface area contributed by atoms with E-state index >= 15 is 0 Å². The molecule has 0 atom stereocenters. The van der Waals surface area contributed by atoms with Crippen LogP contribution in [-0.2, 0) is 11.3 Å². The Kier molecular flexibility index (Phi) is 13.6. The van der Waals surface area contributed by atoms with Gasteiger partial charge in [0.05, 0.1) is 6.61 Å². The van der Waals surface area contributed by atoms with Gasteiger partial charge in [-0.05, 0) is 43.5 Å². The zero-order valence-corrected chi connectivity index (χ0v) is 20.4. The molecule has 8 heteroatoms. The molecule has 0 unspecified atom stereocenters. The fraction of sp³-hybridized carbons (Fsp3) is 0.455. The van der Waals surface area contributed by atoms with E-state index in [2.05, 4.69) is 51.0 Å². The Labute approximate surface area is 197 Å². The van der Waals surface area contributed by atoms with Gasteiger partial charge in [0.1, 0.15) is 18.2 Å². The Hall–Kier alpha value is -2.07. The summed E-state index contributed by atoms with van der Waals surface area (Å²) in [6, 6.07) is 12.1. The van der Waals surface area contributed by atoms with E-state index in [0.717, 1.165) is 49.0 Å². The fourth-order valence-corrected chi connectivity index (χ4v) is 2.72. The highest BCUT2D eigenvalue weighted by Crippen LogP contribution is 2.20. The summed E-state index contributed by atoms with van der Waals surface area (Å²) in [5.74, 6) is 2.58. The summed E-state index contributed by atoms with van der Waals surface area (Å²) < 4.78 is 10.9. The van der Waals surface area contributed by atoms with Gasteiger partial charge in [0, 0.05) is 45.6 Å². The zero-order chi connectivity index (χ0) is 20.7. The molecule has 7 nitrogen and oxygen atoms in total. The number of rotatable bonds is 12. The van der Waals surface area contributed by atoms with Crippen molar-refractivity contribution < 1.29 is 9.47 Å². The highest BCUT2D eigenvalue weighted by molar-refractivity contribution is 14.0. The van der Waals surface area contributed by atoms with Crippen molar-refractivity contribution in [3.05, 3.63) is 53.7 Å². The molecular weight excluding hydrogens is 493 g/mol. The molecule has 2 rings (SSSR count). The molecule has 1 aromatic heterocycles. The van der Waals surface area contributed by atoms with Gasteiger partial charge in [-0.1, -0.05) is 18.2 Å². The van der Waals surface area contributed by atoms with Crippen molar-refractivity contribution in [2.75, 3.05) is 45.8 Å². The number of aryl methyl sites for hydroxylation is 1. The number of methoxy groups -OCH3 is 1. The van der Waals surface area contributed by atoms with Gasteiger partial charge >= 0.3 is 0 Å². The predicted molar refractivity (Wildman–Crippen MR) is 134 cm³/mol. The normalized spacial score (nSPS) is 10.8. The van der Waals surface area contributed by atoms with E-state index < -0.39 is 0 Å². The minimum atomic E-state index is 0. The van der Waals surface area contributed by atoms with Crippen LogP contribution in [0.15, 0.2) is 47.6 Å². The van der Waals surface area contributed by atoms with Crippen LogP contribution in [0.25, 0.3) is 0 Å². The Bertz CT molecular complexity index is 744. The maximum absolute atomic E-state index is 5.85. The van der Waals surface area contributed by atoms with Crippen molar-refractivity contribution in [2.24, 2.45) is 4.99 Å². The van der Waals surface area contributed by atoms with Crippen molar-refractivity contribution >= 4 is 35.8 Å². The minimum Gasteiger partial charge on any atom is -0.491 e. The number of nitrogens with one attached hydrogen (secondary N) is 3. The summed E-state index contributed by atoms with van der Waals surface area (Å²) in [5, 5.41) is 10.0. The lowest BCUT2D eigenvalue weighted by atomic mass is 10.1. The highest BCUT2D eigenvalue weighted by Gasteiger charge is 2.06. The largest absolute Gasteiger partial charge is 0.491 e. The first-order chi connectivity index (χ1) is 14.2. The first-order valence-corrected chi connectivity index (χ1v) is 10.0. The minimum absolute atomic E-state index is 0. The molecule has 0 amide bonds. The molecule has 0 radical (unpaired) electrons. The SMILES string of the molecule is CN=C(NCCCCNc1ccccn1)NCc1ccc(C)cc1OCCOC.I. The third-order valence-electron chi connectivity index (χ3n) is 4.30. The number of unbranched alkanes of at least 4 members (excludes halogenated alkanes) is 1. The Morgan fingerprint density at radius 1 is 1.07 bits per heavy atom. The van der Waals surface area contributed by atoms with Crippen molar-refractivity contribution in [3.8, 4) is 5.75 Å². The standard InChI is InChI=1S/C22H33N5O2.HI/c1-18-9-10-19(20(16-18)29-15-14-28-3)17-27-22(23-2)26-13-7-6-12-25-21-8-4-5-11-24-21;/h4-5,8-11,16H,6-7,12-15,17H2,1-3H3,(H,24,25)(H2,23,26,27);1H. The van der Waals surface area contributed by atoms with Gasteiger partial charge in [0.15, 0.2) is 5.96 Å². The number of aliphatic imine (C=N–C) groups is 1. The van der Waals surface area contributed by atoms with Crippen LogP contribution in [0.1, 0.15) is 24.0 Å². The molecule has 0 aliphatic heterocycles. The predicted octanol–water partition coefficient (Wildman–Crippen LogP) is 3.59. The lowest BCUT2D eigenvalue weighted by Gasteiger charge is -2.15. The van der Waals surface area contributed by atoms with E-state index in [-0.39, 0.29) is 24.0 Å². The quantitative estimate of drug-likeness (QED) is 0.170. The summed E-state index contributed by atoms with van der Waals surface area (Å²) in [7, 11) is 3.45. The number of pyridine rings is 1. The zero-order valence-electron chi connectivity index (χ0n) is 18.1. The van der Waals surface area contributed by atoms with E-state index in [1.54, 1.807) is 20.4 Å². The van der Waals surface area contributed by atoms with Crippen LogP contribution in [0.3, 0.4) is 0 Å². The Morgan fingerprint density at radius 3 is 2.63 bits per heavy atom. The molecule has 0 spiro atoms. The van der Waals surface area contributed by atoms with E-state index in [4.69, 9.17) is 9.47 Å². The van der Waals surface area contributed by atoms with Gasteiger partial charge in [-0.2, -0.15) is 0 Å². The number of benzene rings is 1. The van der Waals surface area contributed by atoms with E-state index in [0.29, 0.717) is 19.8 Å². The Morgan fingerprint density at radius 2 is 1.90 bits per heavy atom. The fourth-order valence-electron chi connectivity index (χ4n) is 2.72. The number of guanidine groups is 1. The maximum Gasteiger partial charge on any atom is 0.191 e. The van der Waals surface area contributed by atoms with Gasteiger partial charge in [-0.3, -0.25) is 4.99 Å². The second kappa shape index (κ2) is 15.7. The second-order valence-electron chi connectivity index (χ2n) is 6.65. The molecule has 1 aromatic carbocycles. The number of halogens is 1. The number of anilines is 1. The molecule has 30 heavy (non-hydrogen) atoms. The molecular formula is C22H34IN5O2. The van der Waals surface area contributed by atoms with Crippen LogP contribution >= 0.6 is 24.0 Å². The van der Waals surface area contributed by atoms with Crippen molar-refractivity contribution in [1.82, 2.24) is 15.6 Å². The summed E-state index contributed by atoms with van der Waals surface area (Å²) in [5.41, 5.74) is 2.26. The van der Waals surface area contributed by atoms with Gasteiger partial charge in [0.2, 0.25) is 0 Å². The van der Waals surface area contributed by atoms with Crippen LogP contribution in [0, 0.1) is 6.92 Å². The highest BCUT2D eigenvalue weighted by atomic mass is 127. The molecule has 0 bridgehead atoms. The monoisotopic (exact) mass is 527 g/mol. The van der Waals surface area contributed by atoms with Crippen LogP contribution < -0.4 is 20.7 Å². The molecule has 3 N–H and O–H groups in total. The average Bonchev–Trinajstić information content (AvgIpc) is 2.74. The number of hydrogen-bond donors (Lipinski definition) is 3. The smallest absolute Gasteiger partial charge is 0.191 e. The lowest BCUT2D eigenvalue weighted by Crippen LogP contribution is -2.37. The van der Waals surface area contributed by atoms with Crippen LogP contribution in [0.5, 0.6) is 5.75 Å². The maximum atomic E-state index is 5.85. The van der Waals surface area contributed by atoms with E-state index in [9.17, 15) is 0 Å². The number of aromatic nitrogens is 1. The van der Waals surface area contributed by atoms with Gasteiger partial charge in [-0.15, -0.1) is 24.0 Å². The molecule has 0 aliphatic carbocycles. The molecule has 0 saturated heterocycles. The van der Waals surface area contributed by atoms with Crippen molar-refractivity contribution in [2.45, 2.75) is 26.3 Å². The van der Waals surface area contributed by atoms with Gasteiger partial charge < -0.3 is 25.4 Å². The van der Waals surface area contributed by atoms with Crippen LogP contribution in [0.4, 0.5) is 5.82 Å². The van der Waals surface area contributed by atoms with Crippen molar-refractivity contribution in [3.63, 3.8) is 0 Å². The third kappa shape index (κ3) is 10.1. The first-order valence-electron chi connectivity index (χ1n) is 10.0. The number of ether oxygens (including phenoxy) is 2. The van der Waals surface area contributed by atoms with E-state index in [1.807, 2.05) is 18.2 Å². The van der Waals surface area contributed by atoms with Crippen molar-refractivity contribution in [1.29, 1.82) is 0 Å². The second-order valence-corrected chi connectivity index (χ2v) is 6.65. The van der Waals surface area contributed by atoms with E-state index in [1.165, 1.54) is 5.56 Å². The molecule has 2 aromatic rings. The number of nitrogens with zero attached hydrogens (tertiary/aromatic N) is 2.